The summed E-state index contributed by atoms with van der Waals surface area (Å²) in [6.45, 7) is 0. The van der Waals surface area contributed by atoms with Gasteiger partial charge in [-0.05, 0) is 65.4 Å². The van der Waals surface area contributed by atoms with Gasteiger partial charge >= 0.3 is 0 Å². The Bertz CT molecular complexity index is 721. The van der Waals surface area contributed by atoms with Crippen LogP contribution in [-0.4, -0.2) is 0 Å². The maximum atomic E-state index is 6.28. The molecule has 1 aliphatic rings. The number of hydrogen-bond donors (Lipinski definition) is 1. The van der Waals surface area contributed by atoms with Crippen LogP contribution in [0.4, 0.5) is 0 Å². The van der Waals surface area contributed by atoms with Gasteiger partial charge in [-0.3, -0.25) is 0 Å². The van der Waals surface area contributed by atoms with Gasteiger partial charge in [0, 0.05) is 20.5 Å². The average molecular weight is 285 g/mol. The molecule has 1 fully saturated rings. The van der Waals surface area contributed by atoms with Gasteiger partial charge in [-0.1, -0.05) is 6.07 Å². The van der Waals surface area contributed by atoms with Crippen molar-refractivity contribution in [2.45, 2.75) is 18.9 Å². The summed E-state index contributed by atoms with van der Waals surface area (Å²) in [5, 5.41) is 3.49. The van der Waals surface area contributed by atoms with Crippen molar-refractivity contribution in [2.75, 3.05) is 0 Å². The van der Waals surface area contributed by atoms with Gasteiger partial charge in [-0.15, -0.1) is 22.7 Å². The molecule has 2 aromatic heterocycles. The lowest BCUT2D eigenvalue weighted by Gasteiger charge is -2.06. The summed E-state index contributed by atoms with van der Waals surface area (Å²) in [6.07, 6.45) is 2.60. The monoisotopic (exact) mass is 285 g/mol. The highest BCUT2D eigenvalue weighted by atomic mass is 32.1. The van der Waals surface area contributed by atoms with Crippen LogP contribution >= 0.6 is 22.7 Å². The second-order valence-electron chi connectivity index (χ2n) is 5.24. The zero-order chi connectivity index (χ0) is 12.8. The zero-order valence-electron chi connectivity index (χ0n) is 10.5. The van der Waals surface area contributed by atoms with Crippen LogP contribution in [0.15, 0.2) is 41.8 Å². The Morgan fingerprint density at radius 1 is 1.11 bits per heavy atom. The van der Waals surface area contributed by atoms with Crippen LogP contribution in [0.3, 0.4) is 0 Å². The van der Waals surface area contributed by atoms with E-state index >= 15 is 0 Å². The van der Waals surface area contributed by atoms with E-state index in [1.54, 1.807) is 11.3 Å². The Morgan fingerprint density at radius 2 is 2.00 bits per heavy atom. The lowest BCUT2D eigenvalue weighted by molar-refractivity contribution is 0.645. The Kier molecular flexibility index (Phi) is 2.72. The summed E-state index contributed by atoms with van der Waals surface area (Å²) in [5.74, 6) is 0.728. The highest BCUT2D eigenvalue weighted by Gasteiger charge is 2.30. The van der Waals surface area contributed by atoms with Crippen molar-refractivity contribution in [2.24, 2.45) is 11.7 Å². The van der Waals surface area contributed by atoms with Gasteiger partial charge in [0.25, 0.3) is 0 Å². The van der Waals surface area contributed by atoms with Crippen LogP contribution < -0.4 is 5.73 Å². The Balaban J connectivity index is 1.70. The minimum Gasteiger partial charge on any atom is -0.323 e. The maximum absolute atomic E-state index is 6.28. The molecule has 19 heavy (non-hydrogen) atoms. The number of fused-ring (bicyclic) bond motifs is 1. The minimum absolute atomic E-state index is 0.253. The predicted octanol–water partition coefficient (Wildman–Crippen LogP) is 5.04. The van der Waals surface area contributed by atoms with Crippen molar-refractivity contribution >= 4 is 32.8 Å². The third-order valence-electron chi connectivity index (χ3n) is 3.82. The molecular weight excluding hydrogens is 270 g/mol. The second-order valence-corrected chi connectivity index (χ2v) is 7.30. The molecule has 1 atom stereocenters. The third-order valence-corrected chi connectivity index (χ3v) is 5.96. The fraction of sp³-hybridized carbons (Fsp3) is 0.250. The largest absolute Gasteiger partial charge is 0.323 e. The topological polar surface area (TPSA) is 26.0 Å². The molecule has 3 aromatic rings. The van der Waals surface area contributed by atoms with Crippen molar-refractivity contribution in [1.82, 2.24) is 0 Å². The number of benzene rings is 1. The first-order valence-electron chi connectivity index (χ1n) is 6.64. The normalized spacial score (nSPS) is 16.9. The molecule has 2 N–H and O–H groups in total. The SMILES string of the molecule is NC(c1ccc(-c2ccc3sccc3c2)s1)C1CC1. The molecule has 1 aliphatic carbocycles. The van der Waals surface area contributed by atoms with Crippen molar-refractivity contribution in [3.8, 4) is 10.4 Å². The van der Waals surface area contributed by atoms with Gasteiger partial charge in [0.2, 0.25) is 0 Å². The number of hydrogen-bond acceptors (Lipinski definition) is 3. The lowest BCUT2D eigenvalue weighted by Crippen LogP contribution is -2.10. The summed E-state index contributed by atoms with van der Waals surface area (Å²) >= 11 is 3.65. The first-order valence-corrected chi connectivity index (χ1v) is 8.34. The van der Waals surface area contributed by atoms with Gasteiger partial charge in [0.1, 0.15) is 0 Å². The molecule has 0 spiro atoms. The summed E-state index contributed by atoms with van der Waals surface area (Å²) in [7, 11) is 0. The van der Waals surface area contributed by atoms with E-state index in [1.165, 1.54) is 38.2 Å². The molecule has 4 rings (SSSR count). The second kappa shape index (κ2) is 4.44. The fourth-order valence-corrected chi connectivity index (χ4v) is 4.37. The molecule has 2 heterocycles. The van der Waals surface area contributed by atoms with E-state index in [0.29, 0.717) is 0 Å². The van der Waals surface area contributed by atoms with Crippen LogP contribution in [-0.2, 0) is 0 Å². The maximum Gasteiger partial charge on any atom is 0.0418 e. The molecule has 0 saturated heterocycles. The van der Waals surface area contributed by atoms with Gasteiger partial charge in [-0.2, -0.15) is 0 Å². The molecule has 0 bridgehead atoms. The molecule has 1 aromatic carbocycles. The van der Waals surface area contributed by atoms with Gasteiger partial charge in [0.15, 0.2) is 0 Å². The van der Waals surface area contributed by atoms with Crippen molar-refractivity contribution in [1.29, 1.82) is 0 Å². The highest BCUT2D eigenvalue weighted by molar-refractivity contribution is 7.17. The van der Waals surface area contributed by atoms with Crippen LogP contribution in [0.5, 0.6) is 0 Å². The first-order chi connectivity index (χ1) is 9.31. The Labute approximate surface area is 120 Å². The number of nitrogens with two attached hydrogens (primary N) is 1. The van der Waals surface area contributed by atoms with Gasteiger partial charge in [0.05, 0.1) is 0 Å². The van der Waals surface area contributed by atoms with Crippen LogP contribution in [0.1, 0.15) is 23.8 Å². The van der Waals surface area contributed by atoms with Crippen LogP contribution in [0, 0.1) is 5.92 Å². The van der Waals surface area contributed by atoms with Crippen LogP contribution in [0.2, 0.25) is 0 Å². The number of thiophene rings is 2. The first kappa shape index (κ1) is 11.6. The Morgan fingerprint density at radius 3 is 2.84 bits per heavy atom. The quantitative estimate of drug-likeness (QED) is 0.717. The summed E-state index contributed by atoms with van der Waals surface area (Å²) in [5.41, 5.74) is 7.59. The van der Waals surface area contributed by atoms with E-state index in [0.717, 1.165) is 5.92 Å². The summed E-state index contributed by atoms with van der Waals surface area (Å²) in [6, 6.07) is 13.6. The summed E-state index contributed by atoms with van der Waals surface area (Å²) < 4.78 is 1.36. The molecule has 96 valence electrons. The van der Waals surface area contributed by atoms with Crippen molar-refractivity contribution in [3.05, 3.63) is 46.7 Å². The molecule has 3 heteroatoms. The summed E-state index contributed by atoms with van der Waals surface area (Å²) in [4.78, 5) is 2.67. The molecule has 0 amide bonds. The van der Waals surface area contributed by atoms with E-state index in [1.807, 2.05) is 11.3 Å². The van der Waals surface area contributed by atoms with E-state index in [4.69, 9.17) is 5.73 Å². The number of rotatable bonds is 3. The smallest absolute Gasteiger partial charge is 0.0418 e. The average Bonchev–Trinajstić information content (AvgIpc) is 2.99. The molecule has 1 unspecified atom stereocenters. The van der Waals surface area contributed by atoms with E-state index in [9.17, 15) is 0 Å². The molecule has 0 aliphatic heterocycles. The van der Waals surface area contributed by atoms with E-state index in [2.05, 4.69) is 41.8 Å². The molecule has 1 nitrogen and oxygen atoms in total. The fourth-order valence-electron chi connectivity index (χ4n) is 2.49. The standard InChI is InChI=1S/C16H15NS2/c17-16(10-1-2-10)15-6-5-14(19-15)11-3-4-13-12(9-11)7-8-18-13/h3-10,16H,1-2,17H2. The zero-order valence-corrected chi connectivity index (χ0v) is 12.1. The van der Waals surface area contributed by atoms with E-state index < -0.39 is 0 Å². The van der Waals surface area contributed by atoms with Gasteiger partial charge in [-0.25, -0.2) is 0 Å². The highest BCUT2D eigenvalue weighted by Crippen LogP contribution is 2.43. The molecule has 0 radical (unpaired) electrons. The van der Waals surface area contributed by atoms with Gasteiger partial charge < -0.3 is 5.73 Å². The van der Waals surface area contributed by atoms with Crippen molar-refractivity contribution < 1.29 is 0 Å². The lowest BCUT2D eigenvalue weighted by atomic mass is 10.1. The van der Waals surface area contributed by atoms with Crippen LogP contribution in [0.25, 0.3) is 20.5 Å². The Hall–Kier alpha value is -1.16. The molecule has 1 saturated carbocycles. The third kappa shape index (κ3) is 2.12. The van der Waals surface area contributed by atoms with E-state index in [-0.39, 0.29) is 6.04 Å². The van der Waals surface area contributed by atoms with Crippen molar-refractivity contribution in [3.63, 3.8) is 0 Å². The minimum atomic E-state index is 0.253. The predicted molar refractivity (Wildman–Crippen MR) is 84.8 cm³/mol. The molecular formula is C16H15NS2.